The van der Waals surface area contributed by atoms with Crippen LogP contribution in [0.2, 0.25) is 0 Å². The summed E-state index contributed by atoms with van der Waals surface area (Å²) in [6.07, 6.45) is 1.18. The monoisotopic (exact) mass is 272 g/mol. The predicted molar refractivity (Wildman–Crippen MR) is 75.2 cm³/mol. The summed E-state index contributed by atoms with van der Waals surface area (Å²) in [5.74, 6) is 0.907. The van der Waals surface area contributed by atoms with Crippen molar-refractivity contribution < 1.29 is 9.53 Å². The first-order valence-corrected chi connectivity index (χ1v) is 5.89. The number of halogens is 1. The first-order valence-electron chi connectivity index (χ1n) is 5.89. The molecule has 18 heavy (non-hydrogen) atoms. The summed E-state index contributed by atoms with van der Waals surface area (Å²) in [6.45, 7) is 3.64. The molecule has 1 amide bonds. The highest BCUT2D eigenvalue weighted by Crippen LogP contribution is 2.15. The van der Waals surface area contributed by atoms with Gasteiger partial charge in [-0.15, -0.1) is 12.4 Å². The number of para-hydroxylation sites is 1. The van der Waals surface area contributed by atoms with Crippen LogP contribution in [-0.4, -0.2) is 25.6 Å². The van der Waals surface area contributed by atoms with Crippen LogP contribution in [0, 0.1) is 6.92 Å². The van der Waals surface area contributed by atoms with E-state index in [1.165, 1.54) is 0 Å². The zero-order valence-corrected chi connectivity index (χ0v) is 11.5. The highest BCUT2D eigenvalue weighted by atomic mass is 35.5. The Morgan fingerprint density at radius 3 is 2.78 bits per heavy atom. The van der Waals surface area contributed by atoms with Gasteiger partial charge in [0.15, 0.2) is 0 Å². The maximum absolute atomic E-state index is 11.1. The molecule has 0 aromatic heterocycles. The molecule has 102 valence electrons. The molecule has 0 radical (unpaired) electrons. The van der Waals surface area contributed by atoms with E-state index in [0.717, 1.165) is 17.7 Å². The fraction of sp³-hybridized carbons (Fsp3) is 0.462. The lowest BCUT2D eigenvalue weighted by Crippen LogP contribution is -2.27. The molecule has 0 saturated heterocycles. The standard InChI is InChI=1S/C13H20N2O2.ClH/c1-11-5-2-3-6-12(11)17-10-4-9-15-13(16)7-8-14;/h2-3,5-6H,4,7-10,14H2,1H3,(H,15,16);1H. The number of benzene rings is 1. The summed E-state index contributed by atoms with van der Waals surface area (Å²) < 4.78 is 5.60. The van der Waals surface area contributed by atoms with Crippen molar-refractivity contribution in [2.24, 2.45) is 5.73 Å². The van der Waals surface area contributed by atoms with Gasteiger partial charge in [-0.3, -0.25) is 4.79 Å². The van der Waals surface area contributed by atoms with Gasteiger partial charge in [0.25, 0.3) is 0 Å². The first-order chi connectivity index (χ1) is 8.24. The Labute approximate surface area is 114 Å². The zero-order valence-electron chi connectivity index (χ0n) is 10.6. The Bertz CT molecular complexity index is 359. The van der Waals surface area contributed by atoms with E-state index in [2.05, 4.69) is 5.32 Å². The molecular formula is C13H21ClN2O2. The van der Waals surface area contributed by atoms with Gasteiger partial charge in [-0.1, -0.05) is 18.2 Å². The highest BCUT2D eigenvalue weighted by Gasteiger charge is 1.99. The van der Waals surface area contributed by atoms with E-state index >= 15 is 0 Å². The van der Waals surface area contributed by atoms with E-state index in [-0.39, 0.29) is 18.3 Å². The van der Waals surface area contributed by atoms with Crippen molar-refractivity contribution >= 4 is 18.3 Å². The molecular weight excluding hydrogens is 252 g/mol. The largest absolute Gasteiger partial charge is 0.493 e. The molecule has 1 aromatic rings. The van der Waals surface area contributed by atoms with Crippen molar-refractivity contribution in [2.75, 3.05) is 19.7 Å². The van der Waals surface area contributed by atoms with E-state index in [9.17, 15) is 4.79 Å². The molecule has 0 atom stereocenters. The minimum atomic E-state index is 0. The molecule has 1 aromatic carbocycles. The van der Waals surface area contributed by atoms with Crippen LogP contribution in [0.25, 0.3) is 0 Å². The van der Waals surface area contributed by atoms with Gasteiger partial charge in [-0.25, -0.2) is 0 Å². The lowest BCUT2D eigenvalue weighted by molar-refractivity contribution is -0.120. The van der Waals surface area contributed by atoms with Crippen LogP contribution in [0.1, 0.15) is 18.4 Å². The first kappa shape index (κ1) is 16.7. The lowest BCUT2D eigenvalue weighted by atomic mass is 10.2. The number of rotatable bonds is 7. The molecule has 5 heteroatoms. The van der Waals surface area contributed by atoms with Crippen LogP contribution < -0.4 is 15.8 Å². The van der Waals surface area contributed by atoms with Gasteiger partial charge in [0, 0.05) is 19.5 Å². The average Bonchev–Trinajstić information content (AvgIpc) is 2.31. The normalized spacial score (nSPS) is 9.44. The number of nitrogens with one attached hydrogen (secondary N) is 1. The molecule has 0 spiro atoms. The molecule has 0 aliphatic rings. The minimum Gasteiger partial charge on any atom is -0.493 e. The van der Waals surface area contributed by atoms with Gasteiger partial charge >= 0.3 is 0 Å². The number of aryl methyl sites for hydroxylation is 1. The van der Waals surface area contributed by atoms with E-state index in [1.54, 1.807) is 0 Å². The fourth-order valence-electron chi connectivity index (χ4n) is 1.42. The number of amides is 1. The summed E-state index contributed by atoms with van der Waals surface area (Å²) in [5, 5.41) is 2.79. The van der Waals surface area contributed by atoms with Gasteiger partial charge in [0.2, 0.25) is 5.91 Å². The number of carbonyl (C=O) groups excluding carboxylic acids is 1. The second-order valence-electron chi connectivity index (χ2n) is 3.86. The van der Waals surface area contributed by atoms with Crippen molar-refractivity contribution in [1.82, 2.24) is 5.32 Å². The third kappa shape index (κ3) is 6.47. The Morgan fingerprint density at radius 2 is 2.11 bits per heavy atom. The maximum Gasteiger partial charge on any atom is 0.221 e. The Morgan fingerprint density at radius 1 is 1.39 bits per heavy atom. The molecule has 0 heterocycles. The van der Waals surface area contributed by atoms with Gasteiger partial charge in [0.05, 0.1) is 6.61 Å². The molecule has 3 N–H and O–H groups in total. The Kier molecular flexibility index (Phi) is 9.06. The number of hydrogen-bond donors (Lipinski definition) is 2. The van der Waals surface area contributed by atoms with Crippen LogP contribution >= 0.6 is 12.4 Å². The van der Waals surface area contributed by atoms with E-state index in [4.69, 9.17) is 10.5 Å². The van der Waals surface area contributed by atoms with Crippen LogP contribution in [0.3, 0.4) is 0 Å². The number of nitrogens with two attached hydrogens (primary N) is 1. The molecule has 0 unspecified atom stereocenters. The van der Waals surface area contributed by atoms with Gasteiger partial charge in [-0.05, 0) is 25.0 Å². The number of ether oxygens (including phenoxy) is 1. The van der Waals surface area contributed by atoms with Crippen LogP contribution in [0.4, 0.5) is 0 Å². The molecule has 4 nitrogen and oxygen atoms in total. The van der Waals surface area contributed by atoms with Crippen LogP contribution in [0.5, 0.6) is 5.75 Å². The van der Waals surface area contributed by atoms with Crippen molar-refractivity contribution in [1.29, 1.82) is 0 Å². The van der Waals surface area contributed by atoms with Crippen molar-refractivity contribution in [3.63, 3.8) is 0 Å². The minimum absolute atomic E-state index is 0. The van der Waals surface area contributed by atoms with E-state index in [1.807, 2.05) is 31.2 Å². The third-order valence-electron chi connectivity index (χ3n) is 2.37. The number of carbonyl (C=O) groups is 1. The van der Waals surface area contributed by atoms with Crippen molar-refractivity contribution in [3.05, 3.63) is 29.8 Å². The second kappa shape index (κ2) is 9.74. The van der Waals surface area contributed by atoms with Gasteiger partial charge in [-0.2, -0.15) is 0 Å². The SMILES string of the molecule is Cc1ccccc1OCCCNC(=O)CCN.Cl. The summed E-state index contributed by atoms with van der Waals surface area (Å²) >= 11 is 0. The third-order valence-corrected chi connectivity index (χ3v) is 2.37. The van der Waals surface area contributed by atoms with Crippen LogP contribution in [0.15, 0.2) is 24.3 Å². The van der Waals surface area contributed by atoms with Gasteiger partial charge < -0.3 is 15.8 Å². The average molecular weight is 273 g/mol. The predicted octanol–water partition coefficient (Wildman–Crippen LogP) is 1.65. The van der Waals surface area contributed by atoms with E-state index < -0.39 is 0 Å². The molecule has 0 fully saturated rings. The quantitative estimate of drug-likeness (QED) is 0.742. The van der Waals surface area contributed by atoms with Crippen LogP contribution in [-0.2, 0) is 4.79 Å². The summed E-state index contributed by atoms with van der Waals surface area (Å²) in [7, 11) is 0. The molecule has 0 aliphatic heterocycles. The van der Waals surface area contributed by atoms with Crippen molar-refractivity contribution in [3.8, 4) is 5.75 Å². The lowest BCUT2D eigenvalue weighted by Gasteiger charge is -2.09. The summed E-state index contributed by atoms with van der Waals surface area (Å²) in [5.41, 5.74) is 6.39. The Balaban J connectivity index is 0.00000289. The topological polar surface area (TPSA) is 64.3 Å². The molecule has 0 saturated carbocycles. The zero-order chi connectivity index (χ0) is 12.5. The number of hydrogen-bond acceptors (Lipinski definition) is 3. The van der Waals surface area contributed by atoms with Crippen molar-refractivity contribution in [2.45, 2.75) is 19.8 Å². The highest BCUT2D eigenvalue weighted by molar-refractivity contribution is 5.85. The maximum atomic E-state index is 11.1. The van der Waals surface area contributed by atoms with E-state index in [0.29, 0.717) is 26.1 Å². The molecule has 0 aliphatic carbocycles. The smallest absolute Gasteiger partial charge is 0.221 e. The van der Waals surface area contributed by atoms with Gasteiger partial charge in [0.1, 0.15) is 5.75 Å². The second-order valence-corrected chi connectivity index (χ2v) is 3.86. The molecule has 1 rings (SSSR count). The summed E-state index contributed by atoms with van der Waals surface area (Å²) in [4.78, 5) is 11.1. The fourth-order valence-corrected chi connectivity index (χ4v) is 1.42. The Hall–Kier alpha value is -1.26. The summed E-state index contributed by atoms with van der Waals surface area (Å²) in [6, 6.07) is 7.89. The molecule has 0 bridgehead atoms.